The molecule has 0 spiro atoms. The third-order valence-electron chi connectivity index (χ3n) is 3.34. The number of aliphatic hydroxyl groups excluding tert-OH is 1. The summed E-state index contributed by atoms with van der Waals surface area (Å²) in [5, 5.41) is 8.96. The molecule has 0 aromatic heterocycles. The van der Waals surface area contributed by atoms with E-state index >= 15 is 0 Å². The van der Waals surface area contributed by atoms with Gasteiger partial charge >= 0.3 is 0 Å². The van der Waals surface area contributed by atoms with Crippen LogP contribution in [0.4, 0.5) is 4.39 Å². The van der Waals surface area contributed by atoms with Crippen molar-refractivity contribution < 1.29 is 17.9 Å². The van der Waals surface area contributed by atoms with Gasteiger partial charge in [-0.2, -0.15) is 0 Å². The normalized spacial score (nSPS) is 15.2. The molecule has 0 bridgehead atoms. The highest BCUT2D eigenvalue weighted by molar-refractivity contribution is 7.89. The molecule has 0 radical (unpaired) electrons. The SMILES string of the molecule is CCC(C)C(C)NS(=O)(=O)c1ccc(F)c(CO)c1. The summed E-state index contributed by atoms with van der Waals surface area (Å²) >= 11 is 0. The quantitative estimate of drug-likeness (QED) is 0.842. The highest BCUT2D eigenvalue weighted by atomic mass is 32.2. The Hall–Kier alpha value is -0.980. The maximum Gasteiger partial charge on any atom is 0.240 e. The van der Waals surface area contributed by atoms with Crippen molar-refractivity contribution in [3.05, 3.63) is 29.6 Å². The van der Waals surface area contributed by atoms with Crippen LogP contribution in [0.2, 0.25) is 0 Å². The summed E-state index contributed by atoms with van der Waals surface area (Å²) in [5.74, 6) is -0.413. The fourth-order valence-electron chi connectivity index (χ4n) is 1.62. The Kier molecular flexibility index (Phi) is 5.46. The molecule has 4 nitrogen and oxygen atoms in total. The second-order valence-corrected chi connectivity index (χ2v) is 6.42. The molecule has 1 aromatic carbocycles. The Morgan fingerprint density at radius 1 is 1.37 bits per heavy atom. The van der Waals surface area contributed by atoms with Crippen molar-refractivity contribution in [1.82, 2.24) is 4.72 Å². The van der Waals surface area contributed by atoms with E-state index in [1.807, 2.05) is 13.8 Å². The lowest BCUT2D eigenvalue weighted by Crippen LogP contribution is -2.36. The molecule has 108 valence electrons. The first-order chi connectivity index (χ1) is 8.81. The first-order valence-corrected chi connectivity index (χ1v) is 7.71. The van der Waals surface area contributed by atoms with Gasteiger partial charge in [0.05, 0.1) is 11.5 Å². The van der Waals surface area contributed by atoms with E-state index in [4.69, 9.17) is 5.11 Å². The number of benzene rings is 1. The van der Waals surface area contributed by atoms with E-state index in [9.17, 15) is 12.8 Å². The third kappa shape index (κ3) is 3.99. The number of hydrogen-bond donors (Lipinski definition) is 2. The average molecular weight is 289 g/mol. The summed E-state index contributed by atoms with van der Waals surface area (Å²) in [5.41, 5.74) is -0.0286. The number of rotatable bonds is 6. The van der Waals surface area contributed by atoms with Gasteiger partial charge in [-0.15, -0.1) is 0 Å². The highest BCUT2D eigenvalue weighted by Gasteiger charge is 2.21. The van der Waals surface area contributed by atoms with Crippen LogP contribution in [0, 0.1) is 11.7 Å². The standard InChI is InChI=1S/C13H20FNO3S/c1-4-9(2)10(3)15-19(17,18)12-5-6-13(14)11(7-12)8-16/h5-7,9-10,15-16H,4,8H2,1-3H3. The van der Waals surface area contributed by atoms with Gasteiger partial charge < -0.3 is 5.11 Å². The molecule has 0 heterocycles. The van der Waals surface area contributed by atoms with Crippen molar-refractivity contribution >= 4 is 10.0 Å². The summed E-state index contributed by atoms with van der Waals surface area (Å²) < 4.78 is 40.0. The van der Waals surface area contributed by atoms with Crippen LogP contribution in [0.1, 0.15) is 32.8 Å². The minimum atomic E-state index is -3.69. The van der Waals surface area contributed by atoms with Crippen LogP contribution in [0.15, 0.2) is 23.1 Å². The fraction of sp³-hybridized carbons (Fsp3) is 0.538. The topological polar surface area (TPSA) is 66.4 Å². The summed E-state index contributed by atoms with van der Waals surface area (Å²) in [7, 11) is -3.69. The molecular formula is C13H20FNO3S. The van der Waals surface area contributed by atoms with Gasteiger partial charge in [-0.3, -0.25) is 0 Å². The van der Waals surface area contributed by atoms with Gasteiger partial charge in [0.25, 0.3) is 0 Å². The van der Waals surface area contributed by atoms with Crippen LogP contribution in [-0.2, 0) is 16.6 Å². The van der Waals surface area contributed by atoms with Gasteiger partial charge in [0, 0.05) is 11.6 Å². The molecule has 0 aliphatic heterocycles. The number of hydrogen-bond acceptors (Lipinski definition) is 3. The lowest BCUT2D eigenvalue weighted by molar-refractivity contribution is 0.275. The summed E-state index contributed by atoms with van der Waals surface area (Å²) in [6.07, 6.45) is 0.856. The highest BCUT2D eigenvalue weighted by Crippen LogP contribution is 2.17. The Morgan fingerprint density at radius 3 is 2.53 bits per heavy atom. The maximum atomic E-state index is 13.2. The van der Waals surface area contributed by atoms with E-state index < -0.39 is 22.4 Å². The fourth-order valence-corrected chi connectivity index (χ4v) is 3.02. The van der Waals surface area contributed by atoms with Gasteiger partial charge in [0.1, 0.15) is 5.82 Å². The van der Waals surface area contributed by atoms with Crippen LogP contribution in [0.25, 0.3) is 0 Å². The predicted molar refractivity (Wildman–Crippen MR) is 71.6 cm³/mol. The Balaban J connectivity index is 3.01. The monoisotopic (exact) mass is 289 g/mol. The molecule has 19 heavy (non-hydrogen) atoms. The molecule has 6 heteroatoms. The van der Waals surface area contributed by atoms with Crippen LogP contribution >= 0.6 is 0 Å². The summed E-state index contributed by atoms with van der Waals surface area (Å²) in [4.78, 5) is -0.0342. The first kappa shape index (κ1) is 16.1. The second kappa shape index (κ2) is 6.45. The second-order valence-electron chi connectivity index (χ2n) is 4.71. The van der Waals surface area contributed by atoms with Crippen LogP contribution in [0.3, 0.4) is 0 Å². The van der Waals surface area contributed by atoms with Gasteiger partial charge in [0.2, 0.25) is 10.0 Å². The molecule has 1 rings (SSSR count). The Bertz CT molecular complexity index is 531. The van der Waals surface area contributed by atoms with Crippen molar-refractivity contribution in [2.45, 2.75) is 44.7 Å². The zero-order chi connectivity index (χ0) is 14.6. The smallest absolute Gasteiger partial charge is 0.240 e. The van der Waals surface area contributed by atoms with Crippen molar-refractivity contribution in [3.63, 3.8) is 0 Å². The Labute approximate surface area is 113 Å². The molecule has 0 saturated heterocycles. The lowest BCUT2D eigenvalue weighted by atomic mass is 10.0. The third-order valence-corrected chi connectivity index (χ3v) is 4.89. The molecule has 2 unspecified atom stereocenters. The van der Waals surface area contributed by atoms with Crippen molar-refractivity contribution in [2.24, 2.45) is 5.92 Å². The molecule has 2 atom stereocenters. The largest absolute Gasteiger partial charge is 0.392 e. The van der Waals surface area contributed by atoms with Crippen LogP contribution in [-0.4, -0.2) is 19.6 Å². The minimum absolute atomic E-state index is 0.0286. The Morgan fingerprint density at radius 2 is 2.00 bits per heavy atom. The number of aliphatic hydroxyl groups is 1. The van der Waals surface area contributed by atoms with E-state index in [1.54, 1.807) is 6.92 Å². The summed E-state index contributed by atoms with van der Waals surface area (Å²) in [6.45, 7) is 5.20. The van der Waals surface area contributed by atoms with E-state index in [0.29, 0.717) is 0 Å². The van der Waals surface area contributed by atoms with Crippen LogP contribution < -0.4 is 4.72 Å². The molecule has 1 aromatic rings. The van der Waals surface area contributed by atoms with Gasteiger partial charge in [0.15, 0.2) is 0 Å². The van der Waals surface area contributed by atoms with E-state index in [1.165, 1.54) is 6.07 Å². The molecule has 0 aliphatic carbocycles. The van der Waals surface area contributed by atoms with Crippen molar-refractivity contribution in [1.29, 1.82) is 0 Å². The van der Waals surface area contributed by atoms with Gasteiger partial charge in [-0.1, -0.05) is 20.3 Å². The number of nitrogens with one attached hydrogen (secondary N) is 1. The molecule has 0 fully saturated rings. The molecule has 2 N–H and O–H groups in total. The zero-order valence-corrected chi connectivity index (χ0v) is 12.2. The van der Waals surface area contributed by atoms with E-state index in [-0.39, 0.29) is 22.4 Å². The van der Waals surface area contributed by atoms with Crippen LogP contribution in [0.5, 0.6) is 0 Å². The molecular weight excluding hydrogens is 269 g/mol. The zero-order valence-electron chi connectivity index (χ0n) is 11.4. The predicted octanol–water partition coefficient (Wildman–Crippen LogP) is 2.03. The van der Waals surface area contributed by atoms with E-state index in [2.05, 4.69) is 4.72 Å². The van der Waals surface area contributed by atoms with Gasteiger partial charge in [-0.05, 0) is 31.0 Å². The minimum Gasteiger partial charge on any atom is -0.392 e. The van der Waals surface area contributed by atoms with Crippen molar-refractivity contribution in [2.75, 3.05) is 0 Å². The van der Waals surface area contributed by atoms with Crippen molar-refractivity contribution in [3.8, 4) is 0 Å². The molecule has 0 amide bonds. The average Bonchev–Trinajstić information content (AvgIpc) is 2.37. The lowest BCUT2D eigenvalue weighted by Gasteiger charge is -2.20. The van der Waals surface area contributed by atoms with Gasteiger partial charge in [-0.25, -0.2) is 17.5 Å². The maximum absolute atomic E-state index is 13.2. The molecule has 0 saturated carbocycles. The molecule has 0 aliphatic rings. The first-order valence-electron chi connectivity index (χ1n) is 6.23. The number of halogens is 1. The van der Waals surface area contributed by atoms with E-state index in [0.717, 1.165) is 18.6 Å². The number of sulfonamides is 1. The summed E-state index contributed by atoms with van der Waals surface area (Å²) in [6, 6.07) is 3.19.